The molecule has 4 aromatic rings. The first-order valence-electron chi connectivity index (χ1n) is 10.1. The minimum absolute atomic E-state index is 0.0189. The molecule has 4 rings (SSSR count). The number of carbonyl (C=O) groups is 1. The van der Waals surface area contributed by atoms with Gasteiger partial charge in [0.05, 0.1) is 16.8 Å². The number of carbonyl (C=O) groups excluding carboxylic acids is 1. The lowest BCUT2D eigenvalue weighted by atomic mass is 9.87. The number of benzene rings is 2. The predicted octanol–water partition coefficient (Wildman–Crippen LogP) is 4.35. The molecule has 0 saturated carbocycles. The van der Waals surface area contributed by atoms with Gasteiger partial charge < -0.3 is 5.32 Å². The molecule has 0 saturated heterocycles. The van der Waals surface area contributed by atoms with E-state index in [1.165, 1.54) is 6.26 Å². The van der Waals surface area contributed by atoms with Gasteiger partial charge in [-0.2, -0.15) is 5.10 Å². The topological polar surface area (TPSA) is 93.4 Å². The van der Waals surface area contributed by atoms with E-state index in [9.17, 15) is 13.2 Å². The van der Waals surface area contributed by atoms with E-state index in [1.54, 1.807) is 47.1 Å². The largest absolute Gasteiger partial charge is 0.305 e. The van der Waals surface area contributed by atoms with Crippen LogP contribution in [0.25, 0.3) is 16.9 Å². The van der Waals surface area contributed by atoms with Gasteiger partial charge in [-0.15, -0.1) is 0 Å². The molecule has 32 heavy (non-hydrogen) atoms. The van der Waals surface area contributed by atoms with Gasteiger partial charge in [0, 0.05) is 17.4 Å². The third kappa shape index (κ3) is 4.55. The Hall–Kier alpha value is -3.52. The summed E-state index contributed by atoms with van der Waals surface area (Å²) in [7, 11) is -3.25. The third-order valence-corrected chi connectivity index (χ3v) is 6.28. The van der Waals surface area contributed by atoms with Crippen molar-refractivity contribution in [2.75, 3.05) is 11.6 Å². The predicted molar refractivity (Wildman–Crippen MR) is 125 cm³/mol. The molecule has 0 atom stereocenters. The first-order chi connectivity index (χ1) is 15.0. The van der Waals surface area contributed by atoms with Gasteiger partial charge >= 0.3 is 0 Å². The van der Waals surface area contributed by atoms with Crippen LogP contribution in [0, 0.1) is 0 Å². The van der Waals surface area contributed by atoms with Gasteiger partial charge in [0.15, 0.2) is 21.3 Å². The summed E-state index contributed by atoms with van der Waals surface area (Å²) in [4.78, 5) is 17.3. The Morgan fingerprint density at radius 1 is 0.938 bits per heavy atom. The van der Waals surface area contributed by atoms with Crippen LogP contribution in [0.1, 0.15) is 36.7 Å². The van der Waals surface area contributed by atoms with Crippen LogP contribution in [0.4, 0.5) is 5.82 Å². The summed E-state index contributed by atoms with van der Waals surface area (Å²) in [5, 5.41) is 7.34. The van der Waals surface area contributed by atoms with E-state index in [2.05, 4.69) is 36.2 Å². The first-order valence-corrected chi connectivity index (χ1v) is 12.0. The van der Waals surface area contributed by atoms with Crippen molar-refractivity contribution in [1.82, 2.24) is 14.6 Å². The Labute approximate surface area is 187 Å². The molecule has 2 heterocycles. The van der Waals surface area contributed by atoms with Gasteiger partial charge in [-0.3, -0.25) is 4.79 Å². The van der Waals surface area contributed by atoms with Crippen molar-refractivity contribution in [2.45, 2.75) is 31.1 Å². The molecule has 1 amide bonds. The molecular formula is C24H24N4O3S. The lowest BCUT2D eigenvalue weighted by Crippen LogP contribution is -2.14. The van der Waals surface area contributed by atoms with Gasteiger partial charge in [-0.1, -0.05) is 45.0 Å². The molecule has 0 radical (unpaired) electrons. The Morgan fingerprint density at radius 2 is 1.59 bits per heavy atom. The van der Waals surface area contributed by atoms with Gasteiger partial charge in [0.1, 0.15) is 0 Å². The fraction of sp³-hybridized carbons (Fsp3) is 0.208. The minimum Gasteiger partial charge on any atom is -0.305 e. The molecular weight excluding hydrogens is 424 g/mol. The average Bonchev–Trinajstić information content (AvgIpc) is 3.14. The second-order valence-electron chi connectivity index (χ2n) is 8.73. The molecule has 0 aliphatic carbocycles. The zero-order valence-corrected chi connectivity index (χ0v) is 19.1. The number of amides is 1. The molecule has 2 aromatic heterocycles. The smallest absolute Gasteiger partial charge is 0.256 e. The first kappa shape index (κ1) is 21.7. The Morgan fingerprint density at radius 3 is 2.19 bits per heavy atom. The number of rotatable bonds is 4. The van der Waals surface area contributed by atoms with Gasteiger partial charge in [0.2, 0.25) is 0 Å². The summed E-state index contributed by atoms with van der Waals surface area (Å²) in [6.45, 7) is 6.38. The highest BCUT2D eigenvalue weighted by atomic mass is 32.2. The summed E-state index contributed by atoms with van der Waals surface area (Å²) >= 11 is 0. The fourth-order valence-electron chi connectivity index (χ4n) is 3.28. The SMILES string of the molecule is CC(C)(C)c1ccc(C(=O)Nc2cn3nc(-c4ccc(S(C)(=O)=O)cc4)ccc3n2)cc1. The van der Waals surface area contributed by atoms with E-state index in [0.717, 1.165) is 11.1 Å². The summed E-state index contributed by atoms with van der Waals surface area (Å²) in [5.41, 5.74) is 3.74. The number of nitrogens with one attached hydrogen (secondary N) is 1. The zero-order chi connectivity index (χ0) is 23.1. The summed E-state index contributed by atoms with van der Waals surface area (Å²) in [6.07, 6.45) is 2.82. The summed E-state index contributed by atoms with van der Waals surface area (Å²) in [5.74, 6) is 0.150. The lowest BCUT2D eigenvalue weighted by Gasteiger charge is -2.18. The van der Waals surface area contributed by atoms with Crippen molar-refractivity contribution >= 4 is 27.2 Å². The van der Waals surface area contributed by atoms with Crippen LogP contribution < -0.4 is 5.32 Å². The number of aromatic nitrogens is 3. The van der Waals surface area contributed by atoms with Crippen LogP contribution in [0.2, 0.25) is 0 Å². The Balaban J connectivity index is 1.55. The lowest BCUT2D eigenvalue weighted by molar-refractivity contribution is 0.102. The molecule has 0 fully saturated rings. The molecule has 8 heteroatoms. The highest BCUT2D eigenvalue weighted by Gasteiger charge is 2.15. The van der Waals surface area contributed by atoms with Gasteiger partial charge in [0.25, 0.3) is 5.91 Å². The van der Waals surface area contributed by atoms with Crippen LogP contribution in [-0.4, -0.2) is 35.2 Å². The van der Waals surface area contributed by atoms with E-state index in [1.807, 2.05) is 24.3 Å². The fourth-order valence-corrected chi connectivity index (χ4v) is 3.91. The van der Waals surface area contributed by atoms with Gasteiger partial charge in [-0.05, 0) is 47.4 Å². The molecule has 0 bridgehead atoms. The summed E-state index contributed by atoms with van der Waals surface area (Å²) in [6, 6.07) is 17.7. The van der Waals surface area contributed by atoms with Crippen molar-refractivity contribution in [1.29, 1.82) is 0 Å². The van der Waals surface area contributed by atoms with Crippen molar-refractivity contribution < 1.29 is 13.2 Å². The number of anilines is 1. The average molecular weight is 449 g/mol. The standard InChI is InChI=1S/C24H24N4O3S/c1-24(2,3)18-9-5-17(6-10-18)23(29)26-21-15-28-22(25-21)14-13-20(27-28)16-7-11-19(12-8-16)32(4,30)31/h5-15H,1-4H3,(H,26,29). The zero-order valence-electron chi connectivity index (χ0n) is 18.3. The molecule has 7 nitrogen and oxygen atoms in total. The minimum atomic E-state index is -3.25. The van der Waals surface area contributed by atoms with Crippen LogP contribution in [0.15, 0.2) is 71.8 Å². The molecule has 164 valence electrons. The number of hydrogen-bond acceptors (Lipinski definition) is 5. The van der Waals surface area contributed by atoms with Crippen LogP contribution in [0.3, 0.4) is 0 Å². The number of nitrogens with zero attached hydrogens (tertiary/aromatic N) is 3. The van der Waals surface area contributed by atoms with Crippen molar-refractivity contribution in [3.05, 3.63) is 78.0 Å². The van der Waals surface area contributed by atoms with E-state index in [-0.39, 0.29) is 16.2 Å². The number of hydrogen-bond donors (Lipinski definition) is 1. The molecule has 0 aliphatic rings. The monoisotopic (exact) mass is 448 g/mol. The van der Waals surface area contributed by atoms with E-state index < -0.39 is 9.84 Å². The molecule has 0 aliphatic heterocycles. The molecule has 0 unspecified atom stereocenters. The number of imidazole rings is 1. The maximum Gasteiger partial charge on any atom is 0.256 e. The third-order valence-electron chi connectivity index (χ3n) is 5.15. The second-order valence-corrected chi connectivity index (χ2v) is 10.7. The van der Waals surface area contributed by atoms with Crippen molar-refractivity contribution in [3.8, 4) is 11.3 Å². The molecule has 0 spiro atoms. The molecule has 1 N–H and O–H groups in total. The van der Waals surface area contributed by atoms with Gasteiger partial charge in [-0.25, -0.2) is 17.9 Å². The Kier molecular flexibility index (Phi) is 5.34. The quantitative estimate of drug-likeness (QED) is 0.501. The maximum absolute atomic E-state index is 12.6. The highest BCUT2D eigenvalue weighted by Crippen LogP contribution is 2.23. The van der Waals surface area contributed by atoms with E-state index in [4.69, 9.17) is 0 Å². The van der Waals surface area contributed by atoms with Crippen LogP contribution in [-0.2, 0) is 15.3 Å². The molecule has 2 aromatic carbocycles. The highest BCUT2D eigenvalue weighted by molar-refractivity contribution is 7.90. The van der Waals surface area contributed by atoms with E-state index in [0.29, 0.717) is 22.7 Å². The van der Waals surface area contributed by atoms with E-state index >= 15 is 0 Å². The summed E-state index contributed by atoms with van der Waals surface area (Å²) < 4.78 is 24.9. The normalized spacial score (nSPS) is 12.1. The van der Waals surface area contributed by atoms with Crippen LogP contribution in [0.5, 0.6) is 0 Å². The number of sulfone groups is 1. The second kappa shape index (κ2) is 7.87. The Bertz CT molecular complexity index is 1400. The van der Waals surface area contributed by atoms with Crippen molar-refractivity contribution in [3.63, 3.8) is 0 Å². The van der Waals surface area contributed by atoms with Crippen molar-refractivity contribution in [2.24, 2.45) is 0 Å². The number of fused-ring (bicyclic) bond motifs is 1. The van der Waals surface area contributed by atoms with Crippen LogP contribution >= 0.6 is 0 Å². The maximum atomic E-state index is 12.6.